The smallest absolute Gasteiger partial charge is 0.138 e. The monoisotopic (exact) mass is 396 g/mol. The number of rotatable bonds is 5. The second-order valence-electron chi connectivity index (χ2n) is 5.20. The van der Waals surface area contributed by atoms with Gasteiger partial charge in [-0.2, -0.15) is 10.5 Å². The van der Waals surface area contributed by atoms with E-state index in [1.165, 1.54) is 5.56 Å². The molecule has 3 rings (SSSR count). The van der Waals surface area contributed by atoms with Crippen molar-refractivity contribution in [3.63, 3.8) is 0 Å². The lowest BCUT2D eigenvalue weighted by molar-refractivity contribution is 0.897. The Morgan fingerprint density at radius 1 is 1.17 bits per heavy atom. The van der Waals surface area contributed by atoms with Gasteiger partial charge in [-0.3, -0.25) is 4.98 Å². The van der Waals surface area contributed by atoms with E-state index in [1.807, 2.05) is 28.8 Å². The maximum Gasteiger partial charge on any atom is 0.138 e. The molecule has 0 bridgehead atoms. The average molecular weight is 397 g/mol. The zero-order chi connectivity index (χ0) is 16.9. The average Bonchev–Trinajstić information content (AvgIpc) is 2.88. The SMILES string of the molecule is N#CCc1c(Br)c(SC#N)c2c(CCc3ccccc3)nccn12. The van der Waals surface area contributed by atoms with Crippen molar-refractivity contribution in [2.24, 2.45) is 0 Å². The molecule has 3 aromatic rings. The van der Waals surface area contributed by atoms with E-state index in [2.05, 4.69) is 44.5 Å². The summed E-state index contributed by atoms with van der Waals surface area (Å²) in [5, 5.41) is 20.4. The summed E-state index contributed by atoms with van der Waals surface area (Å²) in [6.45, 7) is 0. The molecule has 0 radical (unpaired) electrons. The standard InChI is InChI=1S/C18H13BrN4S/c19-16-15(8-9-20)23-11-10-22-14(17(23)18(16)24-12-21)7-6-13-4-2-1-3-5-13/h1-5,10-11H,6-8H2. The van der Waals surface area contributed by atoms with Crippen molar-refractivity contribution in [1.29, 1.82) is 10.5 Å². The van der Waals surface area contributed by atoms with E-state index in [9.17, 15) is 0 Å². The minimum atomic E-state index is 0.274. The van der Waals surface area contributed by atoms with Gasteiger partial charge in [0.05, 0.1) is 38.8 Å². The molecular formula is C18H13BrN4S. The van der Waals surface area contributed by atoms with Crippen molar-refractivity contribution in [1.82, 2.24) is 9.38 Å². The molecule has 0 saturated heterocycles. The number of aryl methyl sites for hydroxylation is 2. The zero-order valence-corrected chi connectivity index (χ0v) is 15.1. The number of halogens is 1. The molecule has 6 heteroatoms. The van der Waals surface area contributed by atoms with Gasteiger partial charge >= 0.3 is 0 Å². The Kier molecular flexibility index (Phi) is 5.20. The quantitative estimate of drug-likeness (QED) is 0.469. The number of fused-ring (bicyclic) bond motifs is 1. The van der Waals surface area contributed by atoms with Crippen molar-refractivity contribution in [3.05, 3.63) is 64.1 Å². The van der Waals surface area contributed by atoms with Crippen LogP contribution in [0.3, 0.4) is 0 Å². The van der Waals surface area contributed by atoms with Gasteiger partial charge < -0.3 is 4.40 Å². The van der Waals surface area contributed by atoms with Gasteiger partial charge in [-0.25, -0.2) is 0 Å². The number of benzene rings is 1. The van der Waals surface area contributed by atoms with Gasteiger partial charge in [-0.05, 0) is 46.1 Å². The minimum absolute atomic E-state index is 0.274. The molecule has 0 unspecified atom stereocenters. The summed E-state index contributed by atoms with van der Waals surface area (Å²) in [6, 6.07) is 12.4. The fraction of sp³-hybridized carbons (Fsp3) is 0.167. The molecule has 0 fully saturated rings. The highest BCUT2D eigenvalue weighted by Crippen LogP contribution is 2.38. The molecule has 24 heavy (non-hydrogen) atoms. The molecule has 0 aliphatic carbocycles. The second kappa shape index (κ2) is 7.53. The van der Waals surface area contributed by atoms with Crippen LogP contribution in [0.4, 0.5) is 0 Å². The van der Waals surface area contributed by atoms with Gasteiger partial charge in [0.1, 0.15) is 5.40 Å². The molecule has 4 nitrogen and oxygen atoms in total. The van der Waals surface area contributed by atoms with Crippen molar-refractivity contribution >= 4 is 33.2 Å². The zero-order valence-electron chi connectivity index (χ0n) is 12.7. The molecule has 0 aliphatic heterocycles. The number of hydrogen-bond acceptors (Lipinski definition) is 4. The Morgan fingerprint density at radius 3 is 2.67 bits per heavy atom. The first-order valence-electron chi connectivity index (χ1n) is 7.39. The summed E-state index contributed by atoms with van der Waals surface area (Å²) in [7, 11) is 0. The van der Waals surface area contributed by atoms with Crippen LogP contribution in [0.1, 0.15) is 17.0 Å². The molecule has 0 amide bonds. The lowest BCUT2D eigenvalue weighted by Gasteiger charge is -2.06. The number of nitrogens with zero attached hydrogens (tertiary/aromatic N) is 4. The van der Waals surface area contributed by atoms with Gasteiger partial charge in [0.2, 0.25) is 0 Å². The first-order chi connectivity index (χ1) is 11.8. The third-order valence-corrected chi connectivity index (χ3v) is 5.62. The highest BCUT2D eigenvalue weighted by atomic mass is 79.9. The Hall–Kier alpha value is -2.28. The molecule has 0 N–H and O–H groups in total. The summed E-state index contributed by atoms with van der Waals surface area (Å²) in [5.41, 5.74) is 3.95. The summed E-state index contributed by atoms with van der Waals surface area (Å²) >= 11 is 4.66. The number of hydrogen-bond donors (Lipinski definition) is 0. The summed E-state index contributed by atoms with van der Waals surface area (Å²) in [6.07, 6.45) is 5.52. The van der Waals surface area contributed by atoms with Crippen LogP contribution in [-0.2, 0) is 19.3 Å². The second-order valence-corrected chi connectivity index (χ2v) is 6.78. The highest BCUT2D eigenvalue weighted by molar-refractivity contribution is 9.10. The van der Waals surface area contributed by atoms with Crippen LogP contribution in [0, 0.1) is 22.0 Å². The van der Waals surface area contributed by atoms with Crippen molar-refractivity contribution < 1.29 is 0 Å². The van der Waals surface area contributed by atoms with Crippen LogP contribution in [0.2, 0.25) is 0 Å². The maximum atomic E-state index is 9.14. The fourth-order valence-corrected chi connectivity index (χ4v) is 4.11. The molecule has 1 aromatic carbocycles. The van der Waals surface area contributed by atoms with E-state index < -0.39 is 0 Å². The minimum Gasteiger partial charge on any atom is -0.314 e. The molecule has 0 saturated carbocycles. The van der Waals surface area contributed by atoms with Gasteiger partial charge in [0.25, 0.3) is 0 Å². The van der Waals surface area contributed by atoms with Gasteiger partial charge in [0.15, 0.2) is 0 Å². The van der Waals surface area contributed by atoms with Crippen LogP contribution >= 0.6 is 27.7 Å². The summed E-state index contributed by atoms with van der Waals surface area (Å²) < 4.78 is 2.78. The third-order valence-electron chi connectivity index (χ3n) is 3.81. The maximum absolute atomic E-state index is 9.14. The van der Waals surface area contributed by atoms with E-state index in [0.29, 0.717) is 0 Å². The van der Waals surface area contributed by atoms with Crippen LogP contribution in [0.15, 0.2) is 52.1 Å². The topological polar surface area (TPSA) is 64.9 Å². The Balaban J connectivity index is 2.07. The number of thioether (sulfide) groups is 1. The van der Waals surface area contributed by atoms with Crippen LogP contribution in [0.5, 0.6) is 0 Å². The van der Waals surface area contributed by atoms with Gasteiger partial charge in [-0.15, -0.1) is 0 Å². The third kappa shape index (κ3) is 3.17. The van der Waals surface area contributed by atoms with E-state index in [-0.39, 0.29) is 6.42 Å². The van der Waals surface area contributed by atoms with Crippen LogP contribution in [-0.4, -0.2) is 9.38 Å². The first kappa shape index (κ1) is 16.6. The molecule has 118 valence electrons. The van der Waals surface area contributed by atoms with E-state index >= 15 is 0 Å². The van der Waals surface area contributed by atoms with Crippen LogP contribution in [0.25, 0.3) is 5.52 Å². The van der Waals surface area contributed by atoms with Crippen LogP contribution < -0.4 is 0 Å². The molecule has 2 heterocycles. The number of aromatic nitrogens is 2. The largest absolute Gasteiger partial charge is 0.314 e. The van der Waals surface area contributed by atoms with E-state index in [4.69, 9.17) is 10.5 Å². The van der Waals surface area contributed by atoms with Gasteiger partial charge in [0, 0.05) is 12.4 Å². The lowest BCUT2D eigenvalue weighted by Crippen LogP contribution is -2.00. The Bertz CT molecular complexity index is 951. The van der Waals surface area contributed by atoms with E-state index in [0.717, 1.165) is 50.9 Å². The Morgan fingerprint density at radius 2 is 1.96 bits per heavy atom. The highest BCUT2D eigenvalue weighted by Gasteiger charge is 2.20. The molecule has 0 atom stereocenters. The van der Waals surface area contributed by atoms with E-state index in [1.54, 1.807) is 6.20 Å². The number of nitriles is 2. The molecule has 0 aliphatic rings. The molecular weight excluding hydrogens is 384 g/mol. The van der Waals surface area contributed by atoms with Crippen molar-refractivity contribution in [2.45, 2.75) is 24.2 Å². The van der Waals surface area contributed by atoms with Gasteiger partial charge in [-0.1, -0.05) is 30.3 Å². The van der Waals surface area contributed by atoms with Crippen molar-refractivity contribution in [2.75, 3.05) is 0 Å². The first-order valence-corrected chi connectivity index (χ1v) is 9.00. The number of thiocyanates is 1. The predicted molar refractivity (Wildman–Crippen MR) is 97.5 cm³/mol. The fourth-order valence-electron chi connectivity index (χ4n) is 2.74. The molecule has 0 spiro atoms. The summed E-state index contributed by atoms with van der Waals surface area (Å²) in [4.78, 5) is 5.36. The Labute approximate surface area is 152 Å². The summed E-state index contributed by atoms with van der Waals surface area (Å²) in [5.74, 6) is 0. The molecule has 2 aromatic heterocycles. The van der Waals surface area contributed by atoms with Crippen molar-refractivity contribution in [3.8, 4) is 11.5 Å². The predicted octanol–water partition coefficient (Wildman–Crippen LogP) is 4.52. The lowest BCUT2D eigenvalue weighted by atomic mass is 10.1. The normalized spacial score (nSPS) is 10.5.